The molecule has 0 aliphatic carbocycles. The molecule has 338 valence electrons. The summed E-state index contributed by atoms with van der Waals surface area (Å²) in [5, 5.41) is 2.09. The van der Waals surface area contributed by atoms with Crippen LogP contribution in [0.25, 0.3) is 75.0 Å². The number of para-hydroxylation sites is 4. The van der Waals surface area contributed by atoms with Gasteiger partial charge in [-0.25, -0.2) is 9.97 Å². The summed E-state index contributed by atoms with van der Waals surface area (Å²) in [6.07, 6.45) is 0. The summed E-state index contributed by atoms with van der Waals surface area (Å²) in [5.74, 6) is 0. The van der Waals surface area contributed by atoms with E-state index in [0.29, 0.717) is 0 Å². The van der Waals surface area contributed by atoms with E-state index in [1.54, 1.807) is 22.7 Å². The number of rotatable bonds is 9. The lowest BCUT2D eigenvalue weighted by atomic mass is 9.73. The van der Waals surface area contributed by atoms with Crippen molar-refractivity contribution < 1.29 is 0 Å². The van der Waals surface area contributed by atoms with E-state index in [1.807, 2.05) is 6.07 Å². The Morgan fingerprint density at radius 2 is 0.746 bits per heavy atom. The quantitative estimate of drug-likeness (QED) is 0.144. The number of fused-ring (bicyclic) bond motifs is 4. The van der Waals surface area contributed by atoms with Crippen LogP contribution in [-0.2, 0) is 5.41 Å². The Kier molecular flexibility index (Phi) is 10.5. The maximum absolute atomic E-state index is 4.90. The van der Waals surface area contributed by atoms with E-state index >= 15 is 0 Å². The fourth-order valence-corrected chi connectivity index (χ4v) is 12.1. The van der Waals surface area contributed by atoms with Gasteiger partial charge < -0.3 is 9.80 Å². The van der Waals surface area contributed by atoms with Gasteiger partial charge in [0.1, 0.15) is 10.0 Å². The van der Waals surface area contributed by atoms with Gasteiger partial charge >= 0.3 is 0 Å². The molecule has 0 fully saturated rings. The fourth-order valence-electron chi connectivity index (χ4n) is 10.2. The molecule has 1 aliphatic rings. The Balaban J connectivity index is 0.766. The molecule has 0 spiro atoms. The predicted octanol–water partition coefficient (Wildman–Crippen LogP) is 18.8. The van der Waals surface area contributed by atoms with Crippen LogP contribution in [0.15, 0.2) is 243 Å². The van der Waals surface area contributed by atoms with Crippen LogP contribution >= 0.6 is 22.7 Å². The van der Waals surface area contributed by atoms with Gasteiger partial charge in [0, 0.05) is 39.3 Å². The van der Waals surface area contributed by atoms with E-state index in [0.717, 1.165) is 60.5 Å². The lowest BCUT2D eigenvalue weighted by Crippen LogP contribution is -2.30. The Morgan fingerprint density at radius 3 is 1.28 bits per heavy atom. The third-order valence-corrected chi connectivity index (χ3v) is 16.1. The van der Waals surface area contributed by atoms with E-state index in [-0.39, 0.29) is 5.41 Å². The monoisotopic (exact) mass is 946 g/mol. The molecule has 10 aromatic carbocycles. The van der Waals surface area contributed by atoms with Gasteiger partial charge in [-0.3, -0.25) is 0 Å². The standard InChI is InChI=1S/C65H46N4S2/c1-65(2)55-14-6-9-17-59(55)69(60-41-34-50(42-56(60)65)47-22-26-49(27-23-47)64-67-58-16-8-11-19-62(58)71-64)54-39-32-46(33-40-54)45-30-37-53(38-31-45)68(51-12-4-3-5-13-51)52-35-28-44(29-36-52)43-20-24-48(25-21-43)63-66-57-15-7-10-18-61(57)70-63/h3-42H,1-2H3. The first-order valence-electron chi connectivity index (χ1n) is 24.0. The highest BCUT2D eigenvalue weighted by Crippen LogP contribution is 2.53. The minimum Gasteiger partial charge on any atom is -0.311 e. The number of hydrogen-bond donors (Lipinski definition) is 0. The lowest BCUT2D eigenvalue weighted by molar-refractivity contribution is 0.632. The van der Waals surface area contributed by atoms with Crippen LogP contribution < -0.4 is 9.80 Å². The van der Waals surface area contributed by atoms with Gasteiger partial charge in [-0.15, -0.1) is 22.7 Å². The summed E-state index contributed by atoms with van der Waals surface area (Å²) >= 11 is 3.48. The Labute approximate surface area is 422 Å². The zero-order chi connectivity index (χ0) is 47.5. The van der Waals surface area contributed by atoms with Gasteiger partial charge in [0.05, 0.1) is 31.8 Å². The van der Waals surface area contributed by atoms with Crippen LogP contribution in [0.5, 0.6) is 0 Å². The highest BCUT2D eigenvalue weighted by Gasteiger charge is 2.37. The number of thiazole rings is 2. The highest BCUT2D eigenvalue weighted by atomic mass is 32.1. The predicted molar refractivity (Wildman–Crippen MR) is 301 cm³/mol. The van der Waals surface area contributed by atoms with E-state index in [2.05, 4.69) is 260 Å². The van der Waals surface area contributed by atoms with Gasteiger partial charge in [0.25, 0.3) is 0 Å². The van der Waals surface area contributed by atoms with Crippen LogP contribution in [0, 0.1) is 0 Å². The van der Waals surface area contributed by atoms with Crippen LogP contribution in [0.1, 0.15) is 25.0 Å². The van der Waals surface area contributed by atoms with E-state index in [4.69, 9.17) is 9.97 Å². The summed E-state index contributed by atoms with van der Waals surface area (Å²) in [6, 6.07) is 87.7. The Morgan fingerprint density at radius 1 is 0.352 bits per heavy atom. The zero-order valence-corrected chi connectivity index (χ0v) is 40.8. The topological polar surface area (TPSA) is 32.3 Å². The molecule has 13 rings (SSSR count). The molecule has 0 atom stereocenters. The zero-order valence-electron chi connectivity index (χ0n) is 39.2. The number of benzene rings is 10. The van der Waals surface area contributed by atoms with Gasteiger partial charge in [0.15, 0.2) is 0 Å². The normalized spacial score (nSPS) is 12.7. The smallest absolute Gasteiger partial charge is 0.124 e. The second kappa shape index (κ2) is 17.5. The third kappa shape index (κ3) is 7.78. The van der Waals surface area contributed by atoms with E-state index < -0.39 is 0 Å². The van der Waals surface area contributed by atoms with Crippen molar-refractivity contribution in [3.63, 3.8) is 0 Å². The van der Waals surface area contributed by atoms with Gasteiger partial charge in [-0.05, 0) is 136 Å². The molecule has 0 saturated carbocycles. The molecule has 0 amide bonds. The van der Waals surface area contributed by atoms with Crippen LogP contribution in [0.2, 0.25) is 0 Å². The van der Waals surface area contributed by atoms with Crippen molar-refractivity contribution in [1.29, 1.82) is 0 Å². The van der Waals surface area contributed by atoms with Crippen molar-refractivity contribution in [1.82, 2.24) is 9.97 Å². The Hall–Kier alpha value is -8.42. The Bertz CT molecular complexity index is 3810. The number of aromatic nitrogens is 2. The number of nitrogens with zero attached hydrogens (tertiary/aromatic N) is 4. The number of anilines is 6. The maximum Gasteiger partial charge on any atom is 0.124 e. The number of hydrogen-bond acceptors (Lipinski definition) is 6. The first-order valence-corrected chi connectivity index (χ1v) is 25.7. The molecule has 12 aromatic rings. The molecule has 4 nitrogen and oxygen atoms in total. The summed E-state index contributed by atoms with van der Waals surface area (Å²) < 4.78 is 2.42. The first kappa shape index (κ1) is 42.7. The van der Waals surface area contributed by atoms with Gasteiger partial charge in [-0.1, -0.05) is 166 Å². The average Bonchev–Trinajstić information content (AvgIpc) is 4.08. The SMILES string of the molecule is CC1(C)c2ccccc2N(c2ccc(-c3ccc(N(c4ccccc4)c4ccc(-c5ccc(-c6nc7ccccc7s6)cc5)cc4)cc3)cc2)c2ccc(-c3ccc(-c4nc5ccccc5s4)cc3)cc21. The fraction of sp³-hybridized carbons (Fsp3) is 0.0462. The van der Waals surface area contributed by atoms with Gasteiger partial charge in [0.2, 0.25) is 0 Å². The summed E-state index contributed by atoms with van der Waals surface area (Å²) in [4.78, 5) is 14.5. The first-order chi connectivity index (χ1) is 34.9. The van der Waals surface area contributed by atoms with Crippen molar-refractivity contribution in [2.75, 3.05) is 9.80 Å². The van der Waals surface area contributed by atoms with Crippen molar-refractivity contribution in [2.45, 2.75) is 19.3 Å². The highest BCUT2D eigenvalue weighted by molar-refractivity contribution is 7.22. The molecule has 0 radical (unpaired) electrons. The van der Waals surface area contributed by atoms with Crippen molar-refractivity contribution in [2.24, 2.45) is 0 Å². The molecule has 3 heterocycles. The molecule has 6 heteroatoms. The average molecular weight is 947 g/mol. The second-order valence-corrected chi connectivity index (χ2v) is 20.7. The third-order valence-electron chi connectivity index (χ3n) is 14.0. The lowest BCUT2D eigenvalue weighted by Gasteiger charge is -2.42. The van der Waals surface area contributed by atoms with Gasteiger partial charge in [-0.2, -0.15) is 0 Å². The summed E-state index contributed by atoms with van der Waals surface area (Å²) in [7, 11) is 0. The van der Waals surface area contributed by atoms with Crippen LogP contribution in [-0.4, -0.2) is 9.97 Å². The molecule has 0 bridgehead atoms. The maximum atomic E-state index is 4.90. The summed E-state index contributed by atoms with van der Waals surface area (Å²) in [6.45, 7) is 4.71. The van der Waals surface area contributed by atoms with Crippen molar-refractivity contribution >= 4 is 77.2 Å². The largest absolute Gasteiger partial charge is 0.311 e. The molecule has 0 unspecified atom stereocenters. The minimum absolute atomic E-state index is 0.206. The summed E-state index contributed by atoms with van der Waals surface area (Å²) in [5.41, 5.74) is 20.7. The molecule has 0 saturated heterocycles. The van der Waals surface area contributed by atoms with Crippen LogP contribution in [0.3, 0.4) is 0 Å². The molecular formula is C65H46N4S2. The molecular weight excluding hydrogens is 901 g/mol. The van der Waals surface area contributed by atoms with Crippen molar-refractivity contribution in [3.8, 4) is 54.5 Å². The van der Waals surface area contributed by atoms with E-state index in [9.17, 15) is 0 Å². The van der Waals surface area contributed by atoms with Crippen molar-refractivity contribution in [3.05, 3.63) is 254 Å². The molecule has 71 heavy (non-hydrogen) atoms. The second-order valence-electron chi connectivity index (χ2n) is 18.6. The molecule has 1 aliphatic heterocycles. The molecule has 0 N–H and O–H groups in total. The van der Waals surface area contributed by atoms with E-state index in [1.165, 1.54) is 59.7 Å². The minimum atomic E-state index is -0.206. The van der Waals surface area contributed by atoms with Crippen LogP contribution in [0.4, 0.5) is 34.1 Å². The molecule has 2 aromatic heterocycles.